The van der Waals surface area contributed by atoms with Crippen LogP contribution in [0.5, 0.6) is 0 Å². The van der Waals surface area contributed by atoms with Crippen LogP contribution in [0.2, 0.25) is 0 Å². The van der Waals surface area contributed by atoms with Gasteiger partial charge in [-0.05, 0) is 42.3 Å². The second-order valence-electron chi connectivity index (χ2n) is 6.95. The maximum Gasteiger partial charge on any atom is 0.238 e. The number of sulfonamides is 1. The van der Waals surface area contributed by atoms with Crippen molar-refractivity contribution in [2.75, 3.05) is 6.54 Å². The number of guanidine groups is 1. The average Bonchev–Trinajstić information content (AvgIpc) is 3.23. The van der Waals surface area contributed by atoms with Gasteiger partial charge >= 0.3 is 0 Å². The summed E-state index contributed by atoms with van der Waals surface area (Å²) in [6, 6.07) is 18.5. The van der Waals surface area contributed by atoms with Crippen molar-refractivity contribution in [3.8, 4) is 0 Å². The molecule has 0 spiro atoms. The monoisotopic (exact) mass is 554 g/mol. The van der Waals surface area contributed by atoms with Crippen molar-refractivity contribution >= 4 is 40.0 Å². The Balaban J connectivity index is 0.00000341. The fourth-order valence-electron chi connectivity index (χ4n) is 2.90. The molecule has 9 heteroatoms. The molecule has 166 valence electrons. The van der Waals surface area contributed by atoms with E-state index < -0.39 is 10.0 Å². The molecule has 0 saturated carbocycles. The van der Waals surface area contributed by atoms with E-state index in [1.165, 1.54) is 17.7 Å². The minimum Gasteiger partial charge on any atom is -0.469 e. The molecule has 0 unspecified atom stereocenters. The lowest BCUT2D eigenvalue weighted by Crippen LogP contribution is -2.38. The second kappa shape index (κ2) is 11.9. The van der Waals surface area contributed by atoms with Gasteiger partial charge in [-0.3, -0.25) is 0 Å². The van der Waals surface area contributed by atoms with Crippen LogP contribution in [0.3, 0.4) is 0 Å². The number of halogens is 1. The van der Waals surface area contributed by atoms with E-state index in [-0.39, 0.29) is 28.9 Å². The molecule has 0 atom stereocenters. The number of nitrogens with zero attached hydrogens (tertiary/aromatic N) is 1. The molecule has 0 aliphatic rings. The first kappa shape index (κ1) is 24.9. The van der Waals surface area contributed by atoms with Gasteiger partial charge in [0.1, 0.15) is 5.76 Å². The Bertz CT molecular complexity index is 1080. The summed E-state index contributed by atoms with van der Waals surface area (Å²) in [7, 11) is -3.69. The van der Waals surface area contributed by atoms with Gasteiger partial charge in [0.05, 0.1) is 17.7 Å². The van der Waals surface area contributed by atoms with Crippen LogP contribution in [0, 0.1) is 6.92 Å². The van der Waals surface area contributed by atoms with Crippen LogP contribution in [-0.4, -0.2) is 20.9 Å². The Labute approximate surface area is 200 Å². The fraction of sp³-hybridized carbons (Fsp3) is 0.227. The molecule has 0 amide bonds. The smallest absolute Gasteiger partial charge is 0.238 e. The van der Waals surface area contributed by atoms with Crippen LogP contribution in [0.25, 0.3) is 0 Å². The Hall–Kier alpha value is -2.37. The number of aliphatic imine (C=N–C) groups is 1. The van der Waals surface area contributed by atoms with E-state index in [9.17, 15) is 8.42 Å². The molecule has 1 heterocycles. The largest absolute Gasteiger partial charge is 0.469 e. The van der Waals surface area contributed by atoms with Gasteiger partial charge in [-0.2, -0.15) is 0 Å². The van der Waals surface area contributed by atoms with Gasteiger partial charge in [-0.1, -0.05) is 42.0 Å². The molecule has 3 rings (SSSR count). The Kier molecular flexibility index (Phi) is 9.53. The van der Waals surface area contributed by atoms with Gasteiger partial charge < -0.3 is 15.1 Å². The minimum absolute atomic E-state index is 0. The van der Waals surface area contributed by atoms with Crippen molar-refractivity contribution in [2.24, 2.45) is 10.1 Å². The molecule has 0 aliphatic heterocycles. The van der Waals surface area contributed by atoms with E-state index >= 15 is 0 Å². The van der Waals surface area contributed by atoms with Crippen LogP contribution in [-0.2, 0) is 29.5 Å². The molecule has 0 saturated heterocycles. The molecule has 2 aromatic carbocycles. The number of aryl methyl sites for hydroxylation is 1. The quantitative estimate of drug-likeness (QED) is 0.225. The predicted molar refractivity (Wildman–Crippen MR) is 133 cm³/mol. The zero-order valence-electron chi connectivity index (χ0n) is 17.2. The maximum absolute atomic E-state index is 11.4. The Morgan fingerprint density at radius 2 is 1.81 bits per heavy atom. The molecule has 3 aromatic rings. The van der Waals surface area contributed by atoms with Crippen molar-refractivity contribution < 1.29 is 12.8 Å². The van der Waals surface area contributed by atoms with Gasteiger partial charge in [0.25, 0.3) is 0 Å². The molecular weight excluding hydrogens is 527 g/mol. The van der Waals surface area contributed by atoms with Crippen molar-refractivity contribution in [2.45, 2.75) is 31.3 Å². The third-order valence-electron chi connectivity index (χ3n) is 4.46. The van der Waals surface area contributed by atoms with E-state index in [0.717, 1.165) is 23.3 Å². The first-order valence-electron chi connectivity index (χ1n) is 9.62. The number of benzene rings is 2. The number of hydrogen-bond donors (Lipinski definition) is 3. The van der Waals surface area contributed by atoms with Crippen LogP contribution in [0.1, 0.15) is 22.5 Å². The summed E-state index contributed by atoms with van der Waals surface area (Å²) < 4.78 is 28.2. The van der Waals surface area contributed by atoms with Crippen molar-refractivity contribution in [1.29, 1.82) is 0 Å². The summed E-state index contributed by atoms with van der Waals surface area (Å²) in [5.41, 5.74) is 3.23. The molecule has 0 bridgehead atoms. The lowest BCUT2D eigenvalue weighted by molar-refractivity contribution is 0.506. The SMILES string of the molecule is Cc1cccc(CN=C(NCCc2ccco2)NCc2ccc(S(N)(=O)=O)cc2)c1.I. The summed E-state index contributed by atoms with van der Waals surface area (Å²) in [6.07, 6.45) is 2.40. The van der Waals surface area contributed by atoms with Crippen molar-refractivity contribution in [1.82, 2.24) is 10.6 Å². The summed E-state index contributed by atoms with van der Waals surface area (Å²) in [4.78, 5) is 4.77. The molecule has 0 radical (unpaired) electrons. The second-order valence-corrected chi connectivity index (χ2v) is 8.51. The molecule has 1 aromatic heterocycles. The van der Waals surface area contributed by atoms with Crippen LogP contribution < -0.4 is 15.8 Å². The first-order chi connectivity index (χ1) is 14.4. The highest BCUT2D eigenvalue weighted by atomic mass is 127. The third kappa shape index (κ3) is 8.35. The summed E-state index contributed by atoms with van der Waals surface area (Å²) in [6.45, 7) is 3.75. The van der Waals surface area contributed by atoms with Gasteiger partial charge in [0.2, 0.25) is 10.0 Å². The molecule has 0 fully saturated rings. The highest BCUT2D eigenvalue weighted by Gasteiger charge is 2.07. The zero-order chi connectivity index (χ0) is 21.4. The number of nitrogens with one attached hydrogen (secondary N) is 2. The zero-order valence-corrected chi connectivity index (χ0v) is 20.4. The highest BCUT2D eigenvalue weighted by Crippen LogP contribution is 2.09. The summed E-state index contributed by atoms with van der Waals surface area (Å²) >= 11 is 0. The number of hydrogen-bond acceptors (Lipinski definition) is 4. The topological polar surface area (TPSA) is 110 Å². The van der Waals surface area contributed by atoms with Crippen LogP contribution >= 0.6 is 24.0 Å². The number of nitrogens with two attached hydrogens (primary N) is 1. The standard InChI is InChI=1S/C22H26N4O3S.HI/c1-17-4-2-5-19(14-17)16-26-22(24-12-11-20-6-3-13-29-20)25-15-18-7-9-21(10-8-18)30(23,27)28;/h2-10,13-14H,11-12,15-16H2,1H3,(H2,23,27,28)(H2,24,25,26);1H. The van der Waals surface area contributed by atoms with Crippen LogP contribution in [0.15, 0.2) is 81.2 Å². The van der Waals surface area contributed by atoms with Crippen LogP contribution in [0.4, 0.5) is 0 Å². The van der Waals surface area contributed by atoms with E-state index in [2.05, 4.69) is 34.7 Å². The summed E-state index contributed by atoms with van der Waals surface area (Å²) in [5, 5.41) is 11.7. The number of rotatable bonds is 8. The molecule has 31 heavy (non-hydrogen) atoms. The van der Waals surface area contributed by atoms with Gasteiger partial charge in [0.15, 0.2) is 5.96 Å². The van der Waals surface area contributed by atoms with E-state index in [1.807, 2.05) is 24.3 Å². The number of furan rings is 1. The third-order valence-corrected chi connectivity index (χ3v) is 5.39. The molecule has 7 nitrogen and oxygen atoms in total. The minimum atomic E-state index is -3.69. The Morgan fingerprint density at radius 3 is 2.45 bits per heavy atom. The summed E-state index contributed by atoms with van der Waals surface area (Å²) in [5.74, 6) is 1.57. The lowest BCUT2D eigenvalue weighted by atomic mass is 10.1. The van der Waals surface area contributed by atoms with Gasteiger partial charge in [0, 0.05) is 19.5 Å². The van der Waals surface area contributed by atoms with Gasteiger partial charge in [-0.25, -0.2) is 18.5 Å². The molecular formula is C22H27IN4O3S. The van der Waals surface area contributed by atoms with Crippen molar-refractivity contribution in [3.63, 3.8) is 0 Å². The van der Waals surface area contributed by atoms with Gasteiger partial charge in [-0.15, -0.1) is 24.0 Å². The molecule has 4 N–H and O–H groups in total. The molecule has 0 aliphatic carbocycles. The maximum atomic E-state index is 11.4. The van der Waals surface area contributed by atoms with Crippen molar-refractivity contribution in [3.05, 3.63) is 89.4 Å². The average molecular weight is 554 g/mol. The Morgan fingerprint density at radius 1 is 1.03 bits per heavy atom. The lowest BCUT2D eigenvalue weighted by Gasteiger charge is -2.13. The fourth-order valence-corrected chi connectivity index (χ4v) is 3.41. The van der Waals surface area contributed by atoms with E-state index in [1.54, 1.807) is 18.4 Å². The van der Waals surface area contributed by atoms with E-state index in [4.69, 9.17) is 9.56 Å². The highest BCUT2D eigenvalue weighted by molar-refractivity contribution is 14.0. The first-order valence-corrected chi connectivity index (χ1v) is 11.2. The number of primary sulfonamides is 1. The normalized spacial score (nSPS) is 11.6. The van der Waals surface area contributed by atoms with E-state index in [0.29, 0.717) is 25.6 Å². The predicted octanol–water partition coefficient (Wildman–Crippen LogP) is 3.33.